The molecule has 0 unspecified atom stereocenters. The molecule has 0 aliphatic heterocycles. The molecule has 110 valence electrons. The number of aromatic nitrogens is 4. The zero-order valence-corrected chi connectivity index (χ0v) is 13.1. The number of nitrogens with zero attached hydrogens (tertiary/aromatic N) is 5. The van der Waals surface area contributed by atoms with Crippen molar-refractivity contribution in [3.8, 4) is 11.8 Å². The molecule has 1 aromatic carbocycles. The average Bonchev–Trinajstić information content (AvgIpc) is 2.92. The molecule has 0 spiro atoms. The number of hydrogen-bond donors (Lipinski definition) is 0. The molecule has 0 amide bonds. The summed E-state index contributed by atoms with van der Waals surface area (Å²) in [7, 11) is 0. The van der Waals surface area contributed by atoms with Crippen molar-refractivity contribution in [1.82, 2.24) is 19.2 Å². The standard InChI is InChI=1S/C14H10ClN5OS/c1-9-8-10(2-3-11(9)15)19-5-6-20-12(13(19)21)17-18-14(20)22-7-4-16/h2-3,5-6,8H,7H2,1H3. The molecule has 3 rings (SSSR count). The Morgan fingerprint density at radius 2 is 2.18 bits per heavy atom. The quantitative estimate of drug-likeness (QED) is 0.689. The number of nitriles is 1. The summed E-state index contributed by atoms with van der Waals surface area (Å²) in [5.74, 6) is 0.250. The van der Waals surface area contributed by atoms with Gasteiger partial charge in [-0.05, 0) is 30.7 Å². The minimum absolute atomic E-state index is 0.218. The van der Waals surface area contributed by atoms with E-state index in [0.717, 1.165) is 5.56 Å². The van der Waals surface area contributed by atoms with E-state index in [9.17, 15) is 4.79 Å². The van der Waals surface area contributed by atoms with E-state index in [1.54, 1.807) is 28.9 Å². The second kappa shape index (κ2) is 5.83. The van der Waals surface area contributed by atoms with Crippen LogP contribution in [0.15, 0.2) is 40.5 Å². The average molecular weight is 332 g/mol. The Kier molecular flexibility index (Phi) is 3.88. The molecular weight excluding hydrogens is 322 g/mol. The molecule has 0 saturated heterocycles. The summed E-state index contributed by atoms with van der Waals surface area (Å²) in [5.41, 5.74) is 1.54. The first-order valence-corrected chi connectivity index (χ1v) is 7.71. The number of rotatable bonds is 3. The number of thioether (sulfide) groups is 1. The van der Waals surface area contributed by atoms with Gasteiger partial charge in [0.2, 0.25) is 5.65 Å². The number of benzene rings is 1. The summed E-state index contributed by atoms with van der Waals surface area (Å²) in [6.45, 7) is 1.88. The Morgan fingerprint density at radius 3 is 2.91 bits per heavy atom. The van der Waals surface area contributed by atoms with Crippen LogP contribution >= 0.6 is 23.4 Å². The third kappa shape index (κ3) is 2.47. The second-order valence-corrected chi connectivity index (χ2v) is 5.88. The summed E-state index contributed by atoms with van der Waals surface area (Å²) in [4.78, 5) is 12.5. The lowest BCUT2D eigenvalue weighted by Crippen LogP contribution is -2.20. The van der Waals surface area contributed by atoms with E-state index in [2.05, 4.69) is 10.2 Å². The molecule has 0 aliphatic rings. The normalized spacial score (nSPS) is 10.8. The van der Waals surface area contributed by atoms with E-state index < -0.39 is 0 Å². The summed E-state index contributed by atoms with van der Waals surface area (Å²) in [6.07, 6.45) is 3.36. The molecule has 2 aromatic heterocycles. The van der Waals surface area contributed by atoms with Gasteiger partial charge in [0.05, 0.1) is 11.8 Å². The molecule has 0 saturated carbocycles. The Morgan fingerprint density at radius 1 is 1.36 bits per heavy atom. The molecule has 0 atom stereocenters. The lowest BCUT2D eigenvalue weighted by atomic mass is 10.2. The van der Waals surface area contributed by atoms with E-state index in [1.807, 2.05) is 19.1 Å². The van der Waals surface area contributed by atoms with Crippen molar-refractivity contribution in [3.05, 3.63) is 51.5 Å². The number of halogens is 1. The van der Waals surface area contributed by atoms with Crippen molar-refractivity contribution in [2.24, 2.45) is 0 Å². The maximum absolute atomic E-state index is 12.5. The van der Waals surface area contributed by atoms with Gasteiger partial charge in [-0.1, -0.05) is 23.4 Å². The highest BCUT2D eigenvalue weighted by Crippen LogP contribution is 2.19. The summed E-state index contributed by atoms with van der Waals surface area (Å²) < 4.78 is 3.08. The molecule has 3 aromatic rings. The maximum atomic E-state index is 12.5. The van der Waals surface area contributed by atoms with Crippen molar-refractivity contribution in [2.45, 2.75) is 12.1 Å². The van der Waals surface area contributed by atoms with Crippen molar-refractivity contribution in [2.75, 3.05) is 5.75 Å². The number of fused-ring (bicyclic) bond motifs is 1. The summed E-state index contributed by atoms with van der Waals surface area (Å²) in [5, 5.41) is 17.7. The van der Waals surface area contributed by atoms with Gasteiger partial charge >= 0.3 is 5.56 Å². The highest BCUT2D eigenvalue weighted by molar-refractivity contribution is 7.99. The molecule has 2 heterocycles. The second-order valence-electron chi connectivity index (χ2n) is 4.53. The topological polar surface area (TPSA) is 76.0 Å². The number of hydrogen-bond acceptors (Lipinski definition) is 5. The first-order chi connectivity index (χ1) is 10.6. The molecule has 0 N–H and O–H groups in total. The van der Waals surface area contributed by atoms with Crippen molar-refractivity contribution in [1.29, 1.82) is 5.26 Å². The molecule has 8 heteroatoms. The fourth-order valence-electron chi connectivity index (χ4n) is 2.04. The van der Waals surface area contributed by atoms with Crippen LogP contribution in [0, 0.1) is 18.3 Å². The Hall–Kier alpha value is -2.30. The van der Waals surface area contributed by atoms with E-state index in [4.69, 9.17) is 16.9 Å². The third-order valence-corrected chi connectivity index (χ3v) is 4.36. The van der Waals surface area contributed by atoms with Crippen molar-refractivity contribution < 1.29 is 0 Å². The monoisotopic (exact) mass is 331 g/mol. The largest absolute Gasteiger partial charge is 0.300 e. The summed E-state index contributed by atoms with van der Waals surface area (Å²) in [6, 6.07) is 7.38. The van der Waals surface area contributed by atoms with E-state index >= 15 is 0 Å². The molecule has 6 nitrogen and oxygen atoms in total. The fraction of sp³-hybridized carbons (Fsp3) is 0.143. The zero-order valence-electron chi connectivity index (χ0n) is 11.5. The number of aryl methyl sites for hydroxylation is 1. The van der Waals surface area contributed by atoms with E-state index in [1.165, 1.54) is 16.3 Å². The molecule has 0 aliphatic carbocycles. The van der Waals surface area contributed by atoms with Gasteiger partial charge in [0.1, 0.15) is 0 Å². The zero-order chi connectivity index (χ0) is 15.7. The molecule has 0 radical (unpaired) electrons. The first-order valence-electron chi connectivity index (χ1n) is 6.34. The van der Waals surface area contributed by atoms with Crippen LogP contribution in [0.5, 0.6) is 0 Å². The van der Waals surface area contributed by atoms with Crippen LogP contribution in [0.3, 0.4) is 0 Å². The SMILES string of the molecule is Cc1cc(-n2ccn3c(SCC#N)nnc3c2=O)ccc1Cl. The maximum Gasteiger partial charge on any atom is 0.300 e. The Balaban J connectivity index is 2.13. The minimum Gasteiger partial charge on any atom is -0.280 e. The van der Waals surface area contributed by atoms with E-state index in [-0.39, 0.29) is 17.0 Å². The van der Waals surface area contributed by atoms with Gasteiger partial charge in [-0.3, -0.25) is 13.8 Å². The highest BCUT2D eigenvalue weighted by atomic mass is 35.5. The lowest BCUT2D eigenvalue weighted by Gasteiger charge is -2.08. The van der Waals surface area contributed by atoms with Crippen molar-refractivity contribution in [3.63, 3.8) is 0 Å². The predicted molar refractivity (Wildman–Crippen MR) is 84.7 cm³/mol. The van der Waals surface area contributed by atoms with Crippen LogP contribution in [-0.2, 0) is 0 Å². The third-order valence-electron chi connectivity index (χ3n) is 3.12. The van der Waals surface area contributed by atoms with Gasteiger partial charge in [-0.15, -0.1) is 10.2 Å². The van der Waals surface area contributed by atoms with Gasteiger partial charge in [-0.25, -0.2) is 0 Å². The van der Waals surface area contributed by atoms with Gasteiger partial charge in [-0.2, -0.15) is 5.26 Å². The molecule has 0 bridgehead atoms. The fourth-order valence-corrected chi connectivity index (χ4v) is 2.74. The molecule has 22 heavy (non-hydrogen) atoms. The predicted octanol–water partition coefficient (Wildman–Crippen LogP) is 2.46. The lowest BCUT2D eigenvalue weighted by molar-refractivity contribution is 0.894. The van der Waals surface area contributed by atoms with Gasteiger partial charge < -0.3 is 0 Å². The molecular formula is C14H10ClN5OS. The van der Waals surface area contributed by atoms with Gasteiger partial charge in [0, 0.05) is 23.1 Å². The van der Waals surface area contributed by atoms with Crippen LogP contribution in [0.2, 0.25) is 5.02 Å². The smallest absolute Gasteiger partial charge is 0.280 e. The first kappa shape index (κ1) is 14.6. The van der Waals surface area contributed by atoms with Crippen LogP contribution in [-0.4, -0.2) is 24.9 Å². The Labute approximate surface area is 135 Å². The van der Waals surface area contributed by atoms with Crippen LogP contribution in [0.4, 0.5) is 0 Å². The van der Waals surface area contributed by atoms with Crippen molar-refractivity contribution >= 4 is 29.0 Å². The van der Waals surface area contributed by atoms with Crippen LogP contribution < -0.4 is 5.56 Å². The van der Waals surface area contributed by atoms with Gasteiger partial charge in [0.25, 0.3) is 0 Å². The Bertz CT molecular complexity index is 956. The van der Waals surface area contributed by atoms with E-state index in [0.29, 0.717) is 15.9 Å². The van der Waals surface area contributed by atoms with Crippen LogP contribution in [0.25, 0.3) is 11.3 Å². The highest BCUT2D eigenvalue weighted by Gasteiger charge is 2.12. The van der Waals surface area contributed by atoms with Crippen LogP contribution in [0.1, 0.15) is 5.56 Å². The minimum atomic E-state index is -0.277. The molecule has 0 fully saturated rings. The summed E-state index contributed by atoms with van der Waals surface area (Å²) >= 11 is 7.25. The van der Waals surface area contributed by atoms with Gasteiger partial charge in [0.15, 0.2) is 5.16 Å².